The number of hydrogen-bond acceptors (Lipinski definition) is 1. The van der Waals surface area contributed by atoms with Crippen molar-refractivity contribution in [2.24, 2.45) is 107 Å². The highest BCUT2D eigenvalue weighted by atomic mass is 15.2. The van der Waals surface area contributed by atoms with Gasteiger partial charge in [0.2, 0.25) is 0 Å². The molecule has 0 spiro atoms. The normalized spacial score (nSPS) is 49.5. The molecule has 0 aromatic heterocycles. The summed E-state index contributed by atoms with van der Waals surface area (Å²) in [4.78, 5) is 3.36. The summed E-state index contributed by atoms with van der Waals surface area (Å²) in [6.45, 7) is 0. The second-order valence-electron chi connectivity index (χ2n) is 27.3. The van der Waals surface area contributed by atoms with Crippen LogP contribution in [-0.2, 0) is 0 Å². The predicted octanol–water partition coefficient (Wildman–Crippen LogP) is 17.6. The Bertz CT molecular complexity index is 1370. The molecule has 12 fully saturated rings. The van der Waals surface area contributed by atoms with E-state index in [1.54, 1.807) is 199 Å². The van der Waals surface area contributed by atoms with Gasteiger partial charge >= 0.3 is 0 Å². The number of nitrogens with zero attached hydrogens (tertiary/aromatic N) is 1. The third kappa shape index (κ3) is 8.49. The maximum absolute atomic E-state index is 3.36. The van der Waals surface area contributed by atoms with Crippen molar-refractivity contribution in [1.82, 2.24) is 4.90 Å². The summed E-state index contributed by atoms with van der Waals surface area (Å²) in [6, 6.07) is 2.80. The SMILES string of the molecule is C1CCC(C2CCC(C3C4CCCCC4C(C4C5CCCCC5C(C5CCCC(N(C6CCCCC6)C6CCCCC6)C5)C5CCCCC54)C4CCCCC43)C3CCCCC23)CC1. The zero-order valence-corrected chi connectivity index (χ0v) is 41.6. The van der Waals surface area contributed by atoms with Crippen LogP contribution >= 0.6 is 0 Å². The van der Waals surface area contributed by atoms with Gasteiger partial charge in [0.25, 0.3) is 0 Å². The molecule has 12 aliphatic carbocycles. The third-order valence-corrected chi connectivity index (χ3v) is 25.1. The summed E-state index contributed by atoms with van der Waals surface area (Å²) < 4.78 is 0. The number of fused-ring (bicyclic) bond motifs is 5. The van der Waals surface area contributed by atoms with E-state index in [0.29, 0.717) is 0 Å². The second-order valence-corrected chi connectivity index (χ2v) is 27.3. The van der Waals surface area contributed by atoms with E-state index >= 15 is 0 Å². The van der Waals surface area contributed by atoms with Crippen LogP contribution in [-0.4, -0.2) is 23.0 Å². The average molecular weight is 863 g/mol. The highest BCUT2D eigenvalue weighted by Gasteiger charge is 2.63. The summed E-state index contributed by atoms with van der Waals surface area (Å²) in [7, 11) is 0. The zero-order chi connectivity index (χ0) is 41.7. The van der Waals surface area contributed by atoms with E-state index < -0.39 is 0 Å². The fourth-order valence-corrected chi connectivity index (χ4v) is 23.5. The smallest absolute Gasteiger partial charge is 0.0104 e. The topological polar surface area (TPSA) is 3.24 Å². The lowest BCUT2D eigenvalue weighted by atomic mass is 9.38. The average Bonchev–Trinajstić information content (AvgIpc) is 3.36. The third-order valence-electron chi connectivity index (χ3n) is 25.1. The van der Waals surface area contributed by atoms with Crippen molar-refractivity contribution >= 4 is 0 Å². The molecule has 0 aromatic carbocycles. The number of hydrogen-bond donors (Lipinski definition) is 0. The molecule has 12 aliphatic rings. The van der Waals surface area contributed by atoms with Crippen LogP contribution in [0.15, 0.2) is 0 Å². The molecule has 1 nitrogen and oxygen atoms in total. The molecule has 0 heterocycles. The van der Waals surface area contributed by atoms with Crippen molar-refractivity contribution in [2.75, 3.05) is 0 Å². The fourth-order valence-electron chi connectivity index (χ4n) is 23.5. The summed E-state index contributed by atoms with van der Waals surface area (Å²) in [6.07, 6.45) is 65.3. The molecule has 0 bridgehead atoms. The second kappa shape index (κ2) is 20.1. The number of rotatable bonds is 7. The van der Waals surface area contributed by atoms with Crippen LogP contribution < -0.4 is 0 Å². The predicted molar refractivity (Wildman–Crippen MR) is 265 cm³/mol. The first-order valence-corrected chi connectivity index (χ1v) is 31.1. The van der Waals surface area contributed by atoms with E-state index in [1.807, 2.05) is 0 Å². The summed E-state index contributed by atoms with van der Waals surface area (Å²) >= 11 is 0. The Hall–Kier alpha value is -0.0400. The summed E-state index contributed by atoms with van der Waals surface area (Å²) in [5, 5.41) is 0. The van der Waals surface area contributed by atoms with Crippen molar-refractivity contribution in [1.29, 1.82) is 0 Å². The Morgan fingerprint density at radius 2 is 0.476 bits per heavy atom. The van der Waals surface area contributed by atoms with Crippen LogP contribution in [0.25, 0.3) is 0 Å². The Labute approximate surface area is 391 Å². The Kier molecular flexibility index (Phi) is 14.1. The van der Waals surface area contributed by atoms with Crippen molar-refractivity contribution in [3.8, 4) is 0 Å². The maximum atomic E-state index is 3.36. The highest BCUT2D eigenvalue weighted by Crippen LogP contribution is 2.69. The van der Waals surface area contributed by atoms with Gasteiger partial charge in [0.15, 0.2) is 0 Å². The molecule has 0 N–H and O–H groups in total. The molecule has 12 saturated carbocycles. The molecule has 12 rings (SSSR count). The first kappa shape index (κ1) is 44.2. The van der Waals surface area contributed by atoms with E-state index in [4.69, 9.17) is 0 Å². The van der Waals surface area contributed by atoms with Crippen molar-refractivity contribution in [3.63, 3.8) is 0 Å². The molecular formula is C62H103N. The van der Waals surface area contributed by atoms with E-state index in [0.717, 1.165) is 125 Å². The minimum Gasteiger partial charge on any atom is -0.294 e. The molecular weight excluding hydrogens is 759 g/mol. The van der Waals surface area contributed by atoms with Crippen molar-refractivity contribution < 1.29 is 0 Å². The van der Waals surface area contributed by atoms with Gasteiger partial charge in [0, 0.05) is 18.1 Å². The van der Waals surface area contributed by atoms with Crippen LogP contribution in [0.2, 0.25) is 0 Å². The zero-order valence-electron chi connectivity index (χ0n) is 41.6. The molecule has 63 heavy (non-hydrogen) atoms. The Morgan fingerprint density at radius 3 is 0.937 bits per heavy atom. The van der Waals surface area contributed by atoms with Crippen LogP contribution in [0.4, 0.5) is 0 Å². The summed E-state index contributed by atoms with van der Waals surface area (Å²) in [5.74, 6) is 20.0. The van der Waals surface area contributed by atoms with E-state index in [1.165, 1.54) is 64.2 Å². The van der Waals surface area contributed by atoms with E-state index in [-0.39, 0.29) is 0 Å². The van der Waals surface area contributed by atoms with Gasteiger partial charge in [-0.3, -0.25) is 4.90 Å². The van der Waals surface area contributed by atoms with Gasteiger partial charge in [0.05, 0.1) is 0 Å². The van der Waals surface area contributed by atoms with Gasteiger partial charge in [-0.25, -0.2) is 0 Å². The van der Waals surface area contributed by atoms with Gasteiger partial charge in [-0.05, 0) is 222 Å². The fraction of sp³-hybridized carbons (Fsp3) is 1.00. The van der Waals surface area contributed by atoms with Gasteiger partial charge in [-0.1, -0.05) is 148 Å². The van der Waals surface area contributed by atoms with Gasteiger partial charge in [0.1, 0.15) is 0 Å². The first-order chi connectivity index (χ1) is 31.3. The molecule has 0 radical (unpaired) electrons. The minimum absolute atomic E-state index is 0.930. The summed E-state index contributed by atoms with van der Waals surface area (Å²) in [5.41, 5.74) is 0. The Morgan fingerprint density at radius 1 is 0.175 bits per heavy atom. The standard InChI is InChI=1S/C62H103N/c1-4-21-42(22-5-1)47-39-40-58(49-30-11-10-29-48(47)49)60-52-33-14-18-37-56(52)62(57-38-19-15-34-53(57)60)61-54-35-16-12-31-50(54)59(51-32-13-17-36-55(51)61)43-23-20-28-46(41-43)63(44-24-6-2-7-25-44)45-26-8-3-9-27-45/h42-62H,1-41H2. The molecule has 14 atom stereocenters. The van der Waals surface area contributed by atoms with Crippen molar-refractivity contribution in [2.45, 2.75) is 281 Å². The van der Waals surface area contributed by atoms with Crippen LogP contribution in [0.5, 0.6) is 0 Å². The van der Waals surface area contributed by atoms with Crippen LogP contribution in [0.1, 0.15) is 263 Å². The first-order valence-electron chi connectivity index (χ1n) is 31.1. The largest absolute Gasteiger partial charge is 0.294 e. The van der Waals surface area contributed by atoms with Gasteiger partial charge in [-0.15, -0.1) is 0 Å². The molecule has 0 aliphatic heterocycles. The monoisotopic (exact) mass is 862 g/mol. The minimum atomic E-state index is 0.930. The van der Waals surface area contributed by atoms with Crippen molar-refractivity contribution in [3.05, 3.63) is 0 Å². The van der Waals surface area contributed by atoms with E-state index in [9.17, 15) is 0 Å². The molecule has 356 valence electrons. The lowest BCUT2D eigenvalue weighted by Crippen LogP contribution is -2.61. The van der Waals surface area contributed by atoms with Gasteiger partial charge in [-0.2, -0.15) is 0 Å². The molecule has 0 aromatic rings. The molecule has 1 heteroatoms. The van der Waals surface area contributed by atoms with Crippen LogP contribution in [0.3, 0.4) is 0 Å². The maximum Gasteiger partial charge on any atom is 0.0104 e. The quantitative estimate of drug-likeness (QED) is 0.246. The molecule has 14 unspecified atom stereocenters. The highest BCUT2D eigenvalue weighted by molar-refractivity contribution is 5.11. The lowest BCUT2D eigenvalue weighted by Gasteiger charge is -2.66. The Balaban J connectivity index is 0.848. The van der Waals surface area contributed by atoms with Gasteiger partial charge < -0.3 is 0 Å². The lowest BCUT2D eigenvalue weighted by molar-refractivity contribution is -0.181. The van der Waals surface area contributed by atoms with E-state index in [2.05, 4.69) is 4.90 Å². The van der Waals surface area contributed by atoms with Crippen LogP contribution in [0, 0.1) is 107 Å². The molecule has 0 amide bonds. The molecule has 0 saturated heterocycles.